The molecule has 1 aromatic heterocycles. The molecule has 2 aromatic carbocycles. The van der Waals surface area contributed by atoms with Crippen molar-refractivity contribution in [2.75, 3.05) is 13.2 Å². The Kier molecular flexibility index (Phi) is 7.17. The van der Waals surface area contributed by atoms with Crippen LogP contribution in [0.25, 0.3) is 0 Å². The number of benzene rings is 2. The molecule has 33 heavy (non-hydrogen) atoms. The Morgan fingerprint density at radius 3 is 2.64 bits per heavy atom. The third-order valence-corrected chi connectivity index (χ3v) is 7.17. The van der Waals surface area contributed by atoms with Gasteiger partial charge in [0.1, 0.15) is 12.4 Å². The number of imidazole rings is 1. The highest BCUT2D eigenvalue weighted by Gasteiger charge is 2.31. The monoisotopic (exact) mass is 468 g/mol. The molecule has 1 aliphatic heterocycles. The first-order valence-corrected chi connectivity index (χ1v) is 12.8. The zero-order valence-corrected chi connectivity index (χ0v) is 20.2. The predicted molar refractivity (Wildman–Crippen MR) is 129 cm³/mol. The lowest BCUT2D eigenvalue weighted by Gasteiger charge is -2.35. The molecule has 0 bridgehead atoms. The molecule has 0 spiro atoms. The van der Waals surface area contributed by atoms with E-state index in [1.807, 2.05) is 18.2 Å². The predicted octanol–water partition coefficient (Wildman–Crippen LogP) is 3.23. The highest BCUT2D eigenvalue weighted by molar-refractivity contribution is 7.89. The molecule has 8 heteroatoms. The Labute approximate surface area is 196 Å². The Morgan fingerprint density at radius 2 is 1.94 bits per heavy atom. The molecule has 3 aromatic rings. The number of nitrogens with zero attached hydrogens (tertiary/aromatic N) is 2. The normalized spacial score (nSPS) is 18.2. The number of hydrogen-bond donors (Lipinski definition) is 2. The van der Waals surface area contributed by atoms with Gasteiger partial charge in [-0.15, -0.1) is 0 Å². The molecule has 4 rings (SSSR count). The second-order valence-corrected chi connectivity index (χ2v) is 10.8. The molecule has 7 nitrogen and oxygen atoms in total. The fourth-order valence-corrected chi connectivity index (χ4v) is 5.13. The lowest BCUT2D eigenvalue weighted by atomic mass is 9.83. The number of aryl methyl sites for hydroxylation is 1. The summed E-state index contributed by atoms with van der Waals surface area (Å²) in [5.41, 5.74) is 3.27. The molecular formula is C25H32N4O3S. The van der Waals surface area contributed by atoms with Gasteiger partial charge >= 0.3 is 0 Å². The third-order valence-electron chi connectivity index (χ3n) is 5.89. The van der Waals surface area contributed by atoms with E-state index in [0.29, 0.717) is 12.5 Å². The molecule has 0 radical (unpaired) electrons. The molecular weight excluding hydrogens is 436 g/mol. The van der Waals surface area contributed by atoms with Crippen LogP contribution in [0.1, 0.15) is 36.5 Å². The summed E-state index contributed by atoms with van der Waals surface area (Å²) >= 11 is 0. The average molecular weight is 469 g/mol. The van der Waals surface area contributed by atoms with E-state index < -0.39 is 10.0 Å². The van der Waals surface area contributed by atoms with Gasteiger partial charge in [0.2, 0.25) is 0 Å². The highest BCUT2D eigenvalue weighted by atomic mass is 32.2. The summed E-state index contributed by atoms with van der Waals surface area (Å²) in [5, 5.41) is 3.70. The van der Waals surface area contributed by atoms with Crippen LogP contribution in [0.3, 0.4) is 0 Å². The van der Waals surface area contributed by atoms with E-state index in [9.17, 15) is 8.42 Å². The molecule has 2 heterocycles. The van der Waals surface area contributed by atoms with Crippen molar-refractivity contribution in [1.82, 2.24) is 19.6 Å². The van der Waals surface area contributed by atoms with Crippen molar-refractivity contribution in [2.45, 2.75) is 43.8 Å². The van der Waals surface area contributed by atoms with Crippen LogP contribution in [-0.2, 0) is 30.0 Å². The van der Waals surface area contributed by atoms with E-state index in [4.69, 9.17) is 4.74 Å². The van der Waals surface area contributed by atoms with Gasteiger partial charge < -0.3 is 14.6 Å². The Bertz CT molecular complexity index is 1180. The zero-order chi connectivity index (χ0) is 23.4. The average Bonchev–Trinajstić information content (AvgIpc) is 3.25. The Balaban J connectivity index is 1.57. The van der Waals surface area contributed by atoms with Gasteiger partial charge in [0.25, 0.3) is 10.0 Å². The molecule has 176 valence electrons. The van der Waals surface area contributed by atoms with Gasteiger partial charge in [0, 0.05) is 31.7 Å². The van der Waals surface area contributed by atoms with Crippen LogP contribution in [0.4, 0.5) is 0 Å². The number of hydrogen-bond acceptors (Lipinski definition) is 5. The first kappa shape index (κ1) is 23.5. The largest absolute Gasteiger partial charge is 0.492 e. The molecule has 2 N–H and O–H groups in total. The molecule has 2 atom stereocenters. The van der Waals surface area contributed by atoms with Gasteiger partial charge in [-0.3, -0.25) is 0 Å². The summed E-state index contributed by atoms with van der Waals surface area (Å²) in [6, 6.07) is 16.6. The lowest BCUT2D eigenvalue weighted by molar-refractivity contribution is 0.208. The van der Waals surface area contributed by atoms with Gasteiger partial charge in [0.05, 0.1) is 6.33 Å². The van der Waals surface area contributed by atoms with E-state index in [-0.39, 0.29) is 23.5 Å². The van der Waals surface area contributed by atoms with Gasteiger partial charge in [-0.25, -0.2) is 18.1 Å². The second-order valence-electron chi connectivity index (χ2n) is 9.09. The number of nitrogens with one attached hydrogen (secondary N) is 2. The first-order chi connectivity index (χ1) is 15.8. The maximum Gasteiger partial charge on any atom is 0.259 e. The lowest BCUT2D eigenvalue weighted by Crippen LogP contribution is -2.44. The van der Waals surface area contributed by atoms with E-state index >= 15 is 0 Å². The van der Waals surface area contributed by atoms with Crippen molar-refractivity contribution in [3.05, 3.63) is 77.7 Å². The maximum atomic E-state index is 12.6. The van der Waals surface area contributed by atoms with Crippen molar-refractivity contribution < 1.29 is 13.2 Å². The van der Waals surface area contributed by atoms with Crippen molar-refractivity contribution >= 4 is 10.0 Å². The van der Waals surface area contributed by atoms with Crippen LogP contribution < -0.4 is 14.8 Å². The van der Waals surface area contributed by atoms with Crippen molar-refractivity contribution in [3.63, 3.8) is 0 Å². The van der Waals surface area contributed by atoms with Gasteiger partial charge in [-0.05, 0) is 41.6 Å². The minimum atomic E-state index is -3.68. The van der Waals surface area contributed by atoms with Crippen LogP contribution in [0.15, 0.2) is 66.1 Å². The van der Waals surface area contributed by atoms with Crippen LogP contribution in [0.5, 0.6) is 5.75 Å². The van der Waals surface area contributed by atoms with E-state index in [1.54, 1.807) is 11.6 Å². The first-order valence-electron chi connectivity index (χ1n) is 11.3. The van der Waals surface area contributed by atoms with E-state index in [1.165, 1.54) is 18.1 Å². The summed E-state index contributed by atoms with van der Waals surface area (Å²) in [6.45, 7) is 6.11. The molecule has 0 amide bonds. The second kappa shape index (κ2) is 10.1. The number of fused-ring (bicyclic) bond motifs is 1. The van der Waals surface area contributed by atoms with E-state index in [2.05, 4.69) is 59.2 Å². The fraction of sp³-hybridized carbons (Fsp3) is 0.400. The smallest absolute Gasteiger partial charge is 0.259 e. The summed E-state index contributed by atoms with van der Waals surface area (Å²) in [4.78, 5) is 3.96. The summed E-state index contributed by atoms with van der Waals surface area (Å²) in [5.74, 6) is 1.63. The minimum absolute atomic E-state index is 0.0196. The van der Waals surface area contributed by atoms with E-state index in [0.717, 1.165) is 29.8 Å². The molecule has 0 aliphatic carbocycles. The fourth-order valence-electron chi connectivity index (χ4n) is 4.13. The zero-order valence-electron chi connectivity index (χ0n) is 19.4. The number of sulfonamides is 1. The Morgan fingerprint density at radius 1 is 1.15 bits per heavy atom. The molecule has 0 fully saturated rings. The quantitative estimate of drug-likeness (QED) is 0.504. The summed E-state index contributed by atoms with van der Waals surface area (Å²) in [6.07, 6.45) is 3.85. The topological polar surface area (TPSA) is 85.3 Å². The summed E-state index contributed by atoms with van der Waals surface area (Å²) in [7, 11) is -1.93. The molecule has 1 aliphatic rings. The number of ether oxygens (including phenoxy) is 1. The third kappa shape index (κ3) is 5.82. The number of rotatable bonds is 9. The maximum absolute atomic E-state index is 12.6. The molecule has 0 unspecified atom stereocenters. The van der Waals surface area contributed by atoms with Crippen LogP contribution in [-0.4, -0.2) is 37.2 Å². The Hall–Kier alpha value is -2.68. The van der Waals surface area contributed by atoms with Gasteiger partial charge in [0.15, 0.2) is 5.03 Å². The van der Waals surface area contributed by atoms with Crippen molar-refractivity contribution in [3.8, 4) is 5.75 Å². The minimum Gasteiger partial charge on any atom is -0.492 e. The molecule has 0 saturated heterocycles. The SMILES string of the molecule is CC(C)CN[C@H]1COc2ccc(CNS(=O)(=O)c3cn(C)cn3)cc2[C@H]1Cc1ccccc1. The summed E-state index contributed by atoms with van der Waals surface area (Å²) < 4.78 is 35.6. The van der Waals surface area contributed by atoms with Crippen LogP contribution >= 0.6 is 0 Å². The number of aromatic nitrogens is 2. The standard InChI is InChI=1S/C25H32N4O3S/c1-18(2)13-26-23-16-32-24-10-9-20(14-28-33(30,31)25-15-29(3)17-27-25)12-22(24)21(23)11-19-7-5-4-6-8-19/h4-10,12,15,17-18,21,23,26,28H,11,13-14,16H2,1-3H3/t21-,23+/m1/s1. The molecule has 0 saturated carbocycles. The van der Waals surface area contributed by atoms with Crippen molar-refractivity contribution in [2.24, 2.45) is 13.0 Å². The van der Waals surface area contributed by atoms with Gasteiger partial charge in [-0.1, -0.05) is 56.3 Å². The van der Waals surface area contributed by atoms with Crippen LogP contribution in [0.2, 0.25) is 0 Å². The van der Waals surface area contributed by atoms with Crippen LogP contribution in [0, 0.1) is 5.92 Å². The van der Waals surface area contributed by atoms with Crippen molar-refractivity contribution in [1.29, 1.82) is 0 Å². The van der Waals surface area contributed by atoms with Gasteiger partial charge in [-0.2, -0.15) is 0 Å². The highest BCUT2D eigenvalue weighted by Crippen LogP contribution is 2.37.